The van der Waals surface area contributed by atoms with Crippen molar-refractivity contribution in [3.8, 4) is 5.75 Å². The Bertz CT molecular complexity index is 1050. The molecule has 1 N–H and O–H groups in total. The van der Waals surface area contributed by atoms with E-state index in [0.717, 1.165) is 6.08 Å². The Kier molecular flexibility index (Phi) is 7.57. The summed E-state index contributed by atoms with van der Waals surface area (Å²) in [6, 6.07) is 13.8. The molecule has 0 aromatic heterocycles. The van der Waals surface area contributed by atoms with E-state index in [9.17, 15) is 26.4 Å². The fourth-order valence-corrected chi connectivity index (χ4v) is 4.89. The monoisotopic (exact) mass is 468 g/mol. The first kappa shape index (κ1) is 23.8. The largest absolute Gasteiger partial charge is 0.573 e. The van der Waals surface area contributed by atoms with Crippen LogP contribution in [0.15, 0.2) is 65.6 Å². The fourth-order valence-electron chi connectivity index (χ4n) is 3.40. The van der Waals surface area contributed by atoms with Gasteiger partial charge in [-0.1, -0.05) is 36.4 Å². The van der Waals surface area contributed by atoms with Crippen molar-refractivity contribution in [1.82, 2.24) is 9.62 Å². The molecule has 32 heavy (non-hydrogen) atoms. The van der Waals surface area contributed by atoms with E-state index in [1.165, 1.54) is 34.6 Å². The van der Waals surface area contributed by atoms with Gasteiger partial charge in [-0.25, -0.2) is 8.42 Å². The summed E-state index contributed by atoms with van der Waals surface area (Å²) in [5.41, 5.74) is 0.124. The van der Waals surface area contributed by atoms with Gasteiger partial charge in [0, 0.05) is 31.3 Å². The van der Waals surface area contributed by atoms with Crippen LogP contribution in [0.3, 0.4) is 0 Å². The molecule has 0 unspecified atom stereocenters. The summed E-state index contributed by atoms with van der Waals surface area (Å²) in [5.74, 6) is -0.738. The summed E-state index contributed by atoms with van der Waals surface area (Å²) < 4.78 is 68.2. The minimum atomic E-state index is -4.82. The first-order valence-corrected chi connectivity index (χ1v) is 11.4. The Balaban J connectivity index is 1.49. The third-order valence-electron chi connectivity index (χ3n) is 5.08. The van der Waals surface area contributed by atoms with Crippen LogP contribution in [0.25, 0.3) is 6.08 Å². The van der Waals surface area contributed by atoms with Crippen LogP contribution in [-0.4, -0.2) is 44.6 Å². The molecule has 0 spiro atoms. The molecule has 1 fully saturated rings. The Morgan fingerprint density at radius 1 is 1.06 bits per heavy atom. The van der Waals surface area contributed by atoms with E-state index < -0.39 is 28.0 Å². The lowest BCUT2D eigenvalue weighted by atomic mass is 9.98. The lowest BCUT2D eigenvalue weighted by Crippen LogP contribution is -2.41. The number of para-hydroxylation sites is 1. The summed E-state index contributed by atoms with van der Waals surface area (Å²) in [4.78, 5) is 12.4. The first-order valence-electron chi connectivity index (χ1n) is 10.0. The molecule has 0 atom stereocenters. The second-order valence-electron chi connectivity index (χ2n) is 7.32. The van der Waals surface area contributed by atoms with Crippen LogP contribution in [0.2, 0.25) is 0 Å². The van der Waals surface area contributed by atoms with Crippen LogP contribution in [0.1, 0.15) is 18.4 Å². The molecule has 0 radical (unpaired) electrons. The zero-order chi connectivity index (χ0) is 23.2. The molecular formula is C22H23F3N2O4S. The van der Waals surface area contributed by atoms with Crippen molar-refractivity contribution in [1.29, 1.82) is 0 Å². The maximum absolute atomic E-state index is 12.7. The molecule has 1 amide bonds. The van der Waals surface area contributed by atoms with Gasteiger partial charge in [-0.05, 0) is 43.0 Å². The summed E-state index contributed by atoms with van der Waals surface area (Å²) in [6.45, 7) is 1.06. The number of nitrogens with one attached hydrogen (secondary N) is 1. The number of sulfonamides is 1. The SMILES string of the molecule is O=C(/C=C/c1ccccc1OC(F)(F)F)NCC1CCN(S(=O)(=O)c2ccccc2)CC1. The molecule has 0 aliphatic carbocycles. The van der Waals surface area contributed by atoms with Gasteiger partial charge in [-0.2, -0.15) is 4.31 Å². The van der Waals surface area contributed by atoms with E-state index in [4.69, 9.17) is 0 Å². The van der Waals surface area contributed by atoms with E-state index >= 15 is 0 Å². The highest BCUT2D eigenvalue weighted by Crippen LogP contribution is 2.27. The number of carbonyl (C=O) groups excluding carboxylic acids is 1. The van der Waals surface area contributed by atoms with Gasteiger partial charge in [0.1, 0.15) is 5.75 Å². The Morgan fingerprint density at radius 2 is 1.69 bits per heavy atom. The van der Waals surface area contributed by atoms with Crippen molar-refractivity contribution < 1.29 is 31.1 Å². The topological polar surface area (TPSA) is 75.7 Å². The van der Waals surface area contributed by atoms with Gasteiger partial charge in [-0.3, -0.25) is 4.79 Å². The summed E-state index contributed by atoms with van der Waals surface area (Å²) in [5, 5.41) is 2.72. The zero-order valence-corrected chi connectivity index (χ0v) is 17.9. The lowest BCUT2D eigenvalue weighted by Gasteiger charge is -2.31. The number of alkyl halides is 3. The molecule has 10 heteroatoms. The van der Waals surface area contributed by atoms with Crippen molar-refractivity contribution in [2.24, 2.45) is 5.92 Å². The van der Waals surface area contributed by atoms with Gasteiger partial charge in [0.25, 0.3) is 0 Å². The fraction of sp³-hybridized carbons (Fsp3) is 0.318. The first-order chi connectivity index (χ1) is 15.1. The number of rotatable bonds is 7. The van der Waals surface area contributed by atoms with Crippen molar-refractivity contribution in [2.75, 3.05) is 19.6 Å². The second-order valence-corrected chi connectivity index (χ2v) is 9.26. The minimum Gasteiger partial charge on any atom is -0.405 e. The third kappa shape index (κ3) is 6.57. The number of nitrogens with zero attached hydrogens (tertiary/aromatic N) is 1. The van der Waals surface area contributed by atoms with Gasteiger partial charge < -0.3 is 10.1 Å². The van der Waals surface area contributed by atoms with Crippen LogP contribution >= 0.6 is 0 Å². The summed E-state index contributed by atoms with van der Waals surface area (Å²) >= 11 is 0. The number of hydrogen-bond donors (Lipinski definition) is 1. The standard InChI is InChI=1S/C22H23F3N2O4S/c23-22(24,25)31-20-9-5-4-6-18(20)10-11-21(28)26-16-17-12-14-27(15-13-17)32(29,30)19-7-2-1-3-8-19/h1-11,17H,12-16H2,(H,26,28)/b11-10+. The molecule has 6 nitrogen and oxygen atoms in total. The van der Waals surface area contributed by atoms with E-state index in [1.54, 1.807) is 30.3 Å². The van der Waals surface area contributed by atoms with Crippen molar-refractivity contribution in [3.63, 3.8) is 0 Å². The number of carbonyl (C=O) groups is 1. The van der Waals surface area contributed by atoms with E-state index in [0.29, 0.717) is 32.5 Å². The number of piperidine rings is 1. The summed E-state index contributed by atoms with van der Waals surface area (Å²) in [6.07, 6.45) is -1.23. The lowest BCUT2D eigenvalue weighted by molar-refractivity contribution is -0.274. The molecule has 1 aliphatic rings. The molecular weight excluding hydrogens is 445 g/mol. The van der Waals surface area contributed by atoms with Crippen LogP contribution in [0.5, 0.6) is 5.75 Å². The van der Waals surface area contributed by atoms with E-state index in [1.807, 2.05) is 0 Å². The number of hydrogen-bond acceptors (Lipinski definition) is 4. The van der Waals surface area contributed by atoms with Crippen LogP contribution < -0.4 is 10.1 Å². The van der Waals surface area contributed by atoms with Crippen molar-refractivity contribution in [3.05, 3.63) is 66.2 Å². The Labute approximate surface area is 184 Å². The maximum atomic E-state index is 12.7. The number of ether oxygens (including phenoxy) is 1. The number of amides is 1. The number of benzene rings is 2. The van der Waals surface area contributed by atoms with Gasteiger partial charge in [-0.15, -0.1) is 13.2 Å². The van der Waals surface area contributed by atoms with Crippen molar-refractivity contribution in [2.45, 2.75) is 24.1 Å². The molecule has 0 bridgehead atoms. The second kappa shape index (κ2) is 10.2. The van der Waals surface area contributed by atoms with Gasteiger partial charge in [0.2, 0.25) is 15.9 Å². The summed E-state index contributed by atoms with van der Waals surface area (Å²) in [7, 11) is -3.53. The predicted molar refractivity (Wildman–Crippen MR) is 113 cm³/mol. The normalized spacial score (nSPS) is 16.2. The Hall–Kier alpha value is -2.85. The smallest absolute Gasteiger partial charge is 0.405 e. The molecule has 172 valence electrons. The Morgan fingerprint density at radius 3 is 2.34 bits per heavy atom. The average Bonchev–Trinajstić information content (AvgIpc) is 2.77. The number of halogens is 3. The molecule has 2 aromatic carbocycles. The van der Waals surface area contributed by atoms with Gasteiger partial charge in [0.05, 0.1) is 4.90 Å². The quantitative estimate of drug-likeness (QED) is 0.627. The van der Waals surface area contributed by atoms with E-state index in [2.05, 4.69) is 10.1 Å². The van der Waals surface area contributed by atoms with Crippen LogP contribution in [0.4, 0.5) is 13.2 Å². The van der Waals surface area contributed by atoms with Crippen LogP contribution in [0, 0.1) is 5.92 Å². The highest BCUT2D eigenvalue weighted by atomic mass is 32.2. The molecule has 1 saturated heterocycles. The van der Waals surface area contributed by atoms with Crippen LogP contribution in [-0.2, 0) is 14.8 Å². The predicted octanol–water partition coefficient (Wildman–Crippen LogP) is 3.82. The average molecular weight is 468 g/mol. The molecule has 0 saturated carbocycles. The molecule has 3 rings (SSSR count). The molecule has 2 aromatic rings. The highest BCUT2D eigenvalue weighted by Gasteiger charge is 2.32. The van der Waals surface area contributed by atoms with Gasteiger partial charge >= 0.3 is 6.36 Å². The third-order valence-corrected chi connectivity index (χ3v) is 6.99. The minimum absolute atomic E-state index is 0.107. The van der Waals surface area contributed by atoms with E-state index in [-0.39, 0.29) is 16.4 Å². The maximum Gasteiger partial charge on any atom is 0.573 e. The zero-order valence-electron chi connectivity index (χ0n) is 17.1. The molecule has 1 aliphatic heterocycles. The highest BCUT2D eigenvalue weighted by molar-refractivity contribution is 7.89. The molecule has 1 heterocycles. The van der Waals surface area contributed by atoms with Crippen molar-refractivity contribution >= 4 is 22.0 Å². The van der Waals surface area contributed by atoms with Gasteiger partial charge in [0.15, 0.2) is 0 Å².